The van der Waals surface area contributed by atoms with Crippen LogP contribution in [-0.4, -0.2) is 59.8 Å². The van der Waals surface area contributed by atoms with Gasteiger partial charge in [0, 0.05) is 19.0 Å². The molecule has 1 aromatic rings. The van der Waals surface area contributed by atoms with Crippen molar-refractivity contribution in [2.75, 3.05) is 25.1 Å². The first-order valence-corrected chi connectivity index (χ1v) is 11.9. The quantitative estimate of drug-likeness (QED) is 0.549. The van der Waals surface area contributed by atoms with Gasteiger partial charge in [-0.3, -0.25) is 14.4 Å². The Labute approximate surface area is 183 Å². The monoisotopic (exact) mass is 434 g/mol. The molecule has 0 saturated carbocycles. The van der Waals surface area contributed by atoms with Gasteiger partial charge in [-0.2, -0.15) is 11.8 Å². The summed E-state index contributed by atoms with van der Waals surface area (Å²) in [5.74, 6) is 0.272. The zero-order chi connectivity index (χ0) is 22.1. The lowest BCUT2D eigenvalue weighted by molar-refractivity contribution is -0.137. The highest BCUT2D eigenvalue weighted by atomic mass is 32.2. The average molecular weight is 435 g/mol. The Hall–Kier alpha value is -2.06. The summed E-state index contributed by atoms with van der Waals surface area (Å²) in [5, 5.41) is 5.75. The largest absolute Gasteiger partial charge is 0.348 e. The van der Waals surface area contributed by atoms with Crippen LogP contribution in [0.15, 0.2) is 30.3 Å². The Morgan fingerprint density at radius 1 is 1.13 bits per heavy atom. The molecule has 3 atom stereocenters. The fraction of sp³-hybridized carbons (Fsp3) is 0.591. The van der Waals surface area contributed by atoms with E-state index < -0.39 is 12.1 Å². The first-order valence-electron chi connectivity index (χ1n) is 10.5. The van der Waals surface area contributed by atoms with Gasteiger partial charge in [0.15, 0.2) is 0 Å². The molecule has 0 bridgehead atoms. The first-order chi connectivity index (χ1) is 14.3. The maximum Gasteiger partial charge on any atom is 0.242 e. The second-order valence-electron chi connectivity index (χ2n) is 7.86. The molecule has 1 unspecified atom stereocenters. The summed E-state index contributed by atoms with van der Waals surface area (Å²) in [6.07, 6.45) is 3.82. The molecule has 1 heterocycles. The molecular formula is C22H34N4O3S. The van der Waals surface area contributed by atoms with Gasteiger partial charge in [-0.05, 0) is 50.7 Å². The number of carbonyl (C=O) groups is 3. The van der Waals surface area contributed by atoms with E-state index in [1.165, 1.54) is 0 Å². The number of nitrogens with one attached hydrogen (secondary N) is 2. The SMILES string of the molecule is CSCC[C@H](N)C(=O)N1CCC(C(=O)N[C@H](C)C(=O)NC(C)c2ccccc2)CC1. The summed E-state index contributed by atoms with van der Waals surface area (Å²) in [5.41, 5.74) is 6.99. The van der Waals surface area contributed by atoms with Gasteiger partial charge in [0.25, 0.3) is 0 Å². The molecule has 1 aromatic carbocycles. The Bertz CT molecular complexity index is 708. The third-order valence-corrected chi connectivity index (χ3v) is 6.18. The zero-order valence-corrected chi connectivity index (χ0v) is 18.9. The highest BCUT2D eigenvalue weighted by Crippen LogP contribution is 2.19. The zero-order valence-electron chi connectivity index (χ0n) is 18.1. The topological polar surface area (TPSA) is 105 Å². The van der Waals surface area contributed by atoms with Crippen LogP contribution in [0.1, 0.15) is 44.7 Å². The summed E-state index contributed by atoms with van der Waals surface area (Å²) in [4.78, 5) is 39.2. The third-order valence-electron chi connectivity index (χ3n) is 5.54. The van der Waals surface area contributed by atoms with E-state index in [1.807, 2.05) is 43.5 Å². The number of hydrogen-bond acceptors (Lipinski definition) is 5. The number of nitrogens with two attached hydrogens (primary N) is 1. The molecule has 8 heteroatoms. The van der Waals surface area contributed by atoms with Crippen LogP contribution in [-0.2, 0) is 14.4 Å². The van der Waals surface area contributed by atoms with Crippen molar-refractivity contribution < 1.29 is 14.4 Å². The van der Waals surface area contributed by atoms with Crippen LogP contribution in [0.3, 0.4) is 0 Å². The van der Waals surface area contributed by atoms with Crippen molar-refractivity contribution in [1.82, 2.24) is 15.5 Å². The van der Waals surface area contributed by atoms with Crippen LogP contribution in [0.5, 0.6) is 0 Å². The lowest BCUT2D eigenvalue weighted by Gasteiger charge is -2.33. The number of rotatable bonds is 9. The number of hydrogen-bond donors (Lipinski definition) is 3. The molecule has 166 valence electrons. The van der Waals surface area contributed by atoms with Crippen LogP contribution < -0.4 is 16.4 Å². The second kappa shape index (κ2) is 12.0. The van der Waals surface area contributed by atoms with E-state index in [2.05, 4.69) is 10.6 Å². The minimum Gasteiger partial charge on any atom is -0.348 e. The van der Waals surface area contributed by atoms with Crippen molar-refractivity contribution in [3.63, 3.8) is 0 Å². The minimum absolute atomic E-state index is 0.0365. The molecule has 1 aliphatic heterocycles. The van der Waals surface area contributed by atoms with E-state index in [-0.39, 0.29) is 29.7 Å². The fourth-order valence-corrected chi connectivity index (χ4v) is 4.01. The lowest BCUT2D eigenvalue weighted by Crippen LogP contribution is -2.51. The van der Waals surface area contributed by atoms with E-state index in [0.29, 0.717) is 32.4 Å². The van der Waals surface area contributed by atoms with E-state index in [0.717, 1.165) is 11.3 Å². The standard InChI is InChI=1S/C22H34N4O3S/c1-15(17-7-5-4-6-8-17)24-20(27)16(2)25-21(28)18-9-12-26(13-10-18)22(29)19(23)11-14-30-3/h4-8,15-16,18-19H,9-14,23H2,1-3H3,(H,24,27)(H,25,28)/t15?,16-,19+/m1/s1. The Morgan fingerprint density at radius 3 is 2.37 bits per heavy atom. The predicted molar refractivity (Wildman–Crippen MR) is 121 cm³/mol. The molecule has 4 N–H and O–H groups in total. The number of piperidine rings is 1. The van der Waals surface area contributed by atoms with Crippen molar-refractivity contribution in [3.8, 4) is 0 Å². The highest BCUT2D eigenvalue weighted by Gasteiger charge is 2.30. The van der Waals surface area contributed by atoms with Crippen LogP contribution >= 0.6 is 11.8 Å². The van der Waals surface area contributed by atoms with Crippen LogP contribution in [0.2, 0.25) is 0 Å². The fourth-order valence-electron chi connectivity index (χ4n) is 3.53. The summed E-state index contributed by atoms with van der Waals surface area (Å²) in [6.45, 7) is 4.65. The Morgan fingerprint density at radius 2 is 1.77 bits per heavy atom. The minimum atomic E-state index is -0.622. The van der Waals surface area contributed by atoms with Gasteiger partial charge in [-0.1, -0.05) is 30.3 Å². The molecule has 2 rings (SSSR count). The predicted octanol–water partition coefficient (Wildman–Crippen LogP) is 1.69. The van der Waals surface area contributed by atoms with E-state index in [9.17, 15) is 14.4 Å². The molecule has 30 heavy (non-hydrogen) atoms. The van der Waals surface area contributed by atoms with Gasteiger partial charge in [0.2, 0.25) is 17.7 Å². The maximum absolute atomic E-state index is 12.6. The summed E-state index contributed by atoms with van der Waals surface area (Å²) in [7, 11) is 0. The van der Waals surface area contributed by atoms with Crippen molar-refractivity contribution in [1.29, 1.82) is 0 Å². The van der Waals surface area contributed by atoms with E-state index >= 15 is 0 Å². The molecule has 3 amide bonds. The van der Waals surface area contributed by atoms with Crippen molar-refractivity contribution in [2.45, 2.75) is 51.2 Å². The van der Waals surface area contributed by atoms with Crippen molar-refractivity contribution in [2.24, 2.45) is 11.7 Å². The lowest BCUT2D eigenvalue weighted by atomic mass is 9.95. The molecular weight excluding hydrogens is 400 g/mol. The van der Waals surface area contributed by atoms with Crippen molar-refractivity contribution in [3.05, 3.63) is 35.9 Å². The van der Waals surface area contributed by atoms with Gasteiger partial charge in [0.05, 0.1) is 12.1 Å². The van der Waals surface area contributed by atoms with Gasteiger partial charge in [-0.15, -0.1) is 0 Å². The van der Waals surface area contributed by atoms with E-state index in [4.69, 9.17) is 5.73 Å². The number of likely N-dealkylation sites (tertiary alicyclic amines) is 1. The molecule has 1 fully saturated rings. The number of amides is 3. The molecule has 1 aliphatic rings. The normalized spacial score (nSPS) is 17.7. The molecule has 0 spiro atoms. The second-order valence-corrected chi connectivity index (χ2v) is 8.84. The summed E-state index contributed by atoms with van der Waals surface area (Å²) in [6, 6.07) is 8.46. The third kappa shape index (κ3) is 7.02. The summed E-state index contributed by atoms with van der Waals surface area (Å²) < 4.78 is 0. The highest BCUT2D eigenvalue weighted by molar-refractivity contribution is 7.98. The molecule has 0 aliphatic carbocycles. The molecule has 0 aromatic heterocycles. The molecule has 1 saturated heterocycles. The number of thioether (sulfide) groups is 1. The smallest absolute Gasteiger partial charge is 0.242 e. The van der Waals surface area contributed by atoms with Crippen LogP contribution in [0.4, 0.5) is 0 Å². The van der Waals surface area contributed by atoms with E-state index in [1.54, 1.807) is 23.6 Å². The summed E-state index contributed by atoms with van der Waals surface area (Å²) >= 11 is 1.67. The van der Waals surface area contributed by atoms with Gasteiger partial charge >= 0.3 is 0 Å². The Balaban J connectivity index is 1.77. The van der Waals surface area contributed by atoms with Crippen molar-refractivity contribution >= 4 is 29.5 Å². The molecule has 7 nitrogen and oxygen atoms in total. The number of benzene rings is 1. The van der Waals surface area contributed by atoms with Gasteiger partial charge in [0.1, 0.15) is 6.04 Å². The van der Waals surface area contributed by atoms with Gasteiger partial charge in [-0.25, -0.2) is 0 Å². The van der Waals surface area contributed by atoms with Crippen LogP contribution in [0, 0.1) is 5.92 Å². The van der Waals surface area contributed by atoms with Crippen LogP contribution in [0.25, 0.3) is 0 Å². The number of nitrogens with zero attached hydrogens (tertiary/aromatic N) is 1. The molecule has 0 radical (unpaired) electrons. The maximum atomic E-state index is 12.6. The van der Waals surface area contributed by atoms with Gasteiger partial charge < -0.3 is 21.3 Å². The average Bonchev–Trinajstić information content (AvgIpc) is 2.77. The Kier molecular flexibility index (Phi) is 9.65. The first kappa shape index (κ1) is 24.2. The number of carbonyl (C=O) groups excluding carboxylic acids is 3.